The van der Waals surface area contributed by atoms with E-state index >= 15 is 0 Å². The van der Waals surface area contributed by atoms with Crippen LogP contribution in [0.1, 0.15) is 25.0 Å². The minimum absolute atomic E-state index is 0.133. The summed E-state index contributed by atoms with van der Waals surface area (Å²) in [5.41, 5.74) is 1.85. The first-order valence-electron chi connectivity index (χ1n) is 12.9. The topological polar surface area (TPSA) is 177 Å². The van der Waals surface area contributed by atoms with Gasteiger partial charge >= 0.3 is 0 Å². The number of nitro groups is 2. The van der Waals surface area contributed by atoms with Crippen molar-refractivity contribution in [3.63, 3.8) is 0 Å². The van der Waals surface area contributed by atoms with Crippen molar-refractivity contribution in [2.75, 3.05) is 26.3 Å². The van der Waals surface area contributed by atoms with E-state index in [0.717, 1.165) is 11.1 Å². The zero-order valence-corrected chi connectivity index (χ0v) is 23.9. The Hall–Kier alpha value is -3.82. The van der Waals surface area contributed by atoms with Crippen LogP contribution in [0.5, 0.6) is 0 Å². The molecular weight excluding hydrogens is 579 g/mol. The van der Waals surface area contributed by atoms with E-state index in [1.54, 1.807) is 24.5 Å². The molecule has 0 spiro atoms. The number of nitrogens with one attached hydrogen (secondary N) is 2. The van der Waals surface area contributed by atoms with Gasteiger partial charge in [-0.05, 0) is 49.9 Å². The molecule has 2 N–H and O–H groups in total. The molecule has 4 atom stereocenters. The van der Waals surface area contributed by atoms with Gasteiger partial charge in [0, 0.05) is 25.5 Å². The van der Waals surface area contributed by atoms with Crippen molar-refractivity contribution in [2.24, 2.45) is 10.2 Å². The van der Waals surface area contributed by atoms with Crippen LogP contribution < -0.4 is 10.6 Å². The Bertz CT molecular complexity index is 1180. The van der Waals surface area contributed by atoms with Crippen molar-refractivity contribution in [2.45, 2.75) is 50.9 Å². The highest BCUT2D eigenvalue weighted by atomic mass is 35.5. The molecule has 2 saturated heterocycles. The first-order valence-corrected chi connectivity index (χ1v) is 13.6. The quantitative estimate of drug-likeness (QED) is 0.204. The second-order valence-corrected chi connectivity index (χ2v) is 10.6. The number of rotatable bonds is 12. The smallest absolute Gasteiger partial charge is 0.272 e. The number of aromatic nitrogens is 2. The van der Waals surface area contributed by atoms with Gasteiger partial charge in [-0.15, -0.1) is 0 Å². The van der Waals surface area contributed by atoms with Crippen LogP contribution in [-0.4, -0.2) is 92.2 Å². The van der Waals surface area contributed by atoms with E-state index in [1.807, 2.05) is 35.8 Å². The van der Waals surface area contributed by atoms with Gasteiger partial charge in [0.2, 0.25) is 0 Å². The van der Waals surface area contributed by atoms with Crippen molar-refractivity contribution < 1.29 is 14.8 Å². The fourth-order valence-corrected chi connectivity index (χ4v) is 5.34. The van der Waals surface area contributed by atoms with E-state index in [-0.39, 0.29) is 49.3 Å². The molecule has 17 heteroatoms. The monoisotopic (exact) mass is 608 g/mol. The highest BCUT2D eigenvalue weighted by Crippen LogP contribution is 2.20. The molecule has 0 saturated carbocycles. The van der Waals surface area contributed by atoms with Gasteiger partial charge in [-0.25, -0.2) is 30.2 Å². The van der Waals surface area contributed by atoms with Crippen LogP contribution in [0.25, 0.3) is 0 Å². The number of nitrogens with zero attached hydrogens (tertiary/aromatic N) is 8. The minimum atomic E-state index is -0.732. The second-order valence-electron chi connectivity index (χ2n) is 9.83. The van der Waals surface area contributed by atoms with Crippen molar-refractivity contribution >= 4 is 35.1 Å². The second kappa shape index (κ2) is 13.7. The third-order valence-corrected chi connectivity index (χ3v) is 7.26. The summed E-state index contributed by atoms with van der Waals surface area (Å²) in [6, 6.07) is 6.31. The number of halogens is 2. The van der Waals surface area contributed by atoms with Crippen molar-refractivity contribution in [1.29, 1.82) is 0 Å². The molecule has 0 amide bonds. The van der Waals surface area contributed by atoms with Crippen LogP contribution in [0.4, 0.5) is 0 Å². The molecule has 0 aromatic carbocycles. The van der Waals surface area contributed by atoms with E-state index in [9.17, 15) is 20.2 Å². The molecule has 2 aliphatic rings. The third kappa shape index (κ3) is 8.11. The highest BCUT2D eigenvalue weighted by molar-refractivity contribution is 6.29. The number of pyridine rings is 2. The summed E-state index contributed by atoms with van der Waals surface area (Å²) in [6.45, 7) is 5.16. The lowest BCUT2D eigenvalue weighted by atomic mass is 10.1. The van der Waals surface area contributed by atoms with Crippen LogP contribution in [0.2, 0.25) is 10.3 Å². The molecule has 220 valence electrons. The van der Waals surface area contributed by atoms with Crippen LogP contribution >= 0.6 is 23.2 Å². The molecule has 2 aromatic heterocycles. The highest BCUT2D eigenvalue weighted by Gasteiger charge is 2.37. The summed E-state index contributed by atoms with van der Waals surface area (Å²) in [6.07, 6.45) is 4.49. The number of ether oxygens (including phenoxy) is 1. The number of guanidine groups is 2. The van der Waals surface area contributed by atoms with Gasteiger partial charge in [0.05, 0.1) is 37.4 Å². The van der Waals surface area contributed by atoms with Crippen LogP contribution in [0.3, 0.4) is 0 Å². The summed E-state index contributed by atoms with van der Waals surface area (Å²) in [5, 5.41) is 34.8. The molecule has 4 unspecified atom stereocenters. The summed E-state index contributed by atoms with van der Waals surface area (Å²) in [7, 11) is 0. The Labute approximate surface area is 245 Å². The normalized spacial score (nSPS) is 22.0. The van der Waals surface area contributed by atoms with Crippen molar-refractivity contribution in [1.82, 2.24) is 30.4 Å². The molecule has 4 rings (SSSR count). The lowest BCUT2D eigenvalue weighted by molar-refractivity contribution is -0.485. The largest absolute Gasteiger partial charge is 0.377 e. The Morgan fingerprint density at radius 2 is 1.29 bits per heavy atom. The van der Waals surface area contributed by atoms with Gasteiger partial charge in [0.25, 0.3) is 11.9 Å². The molecule has 0 aliphatic carbocycles. The summed E-state index contributed by atoms with van der Waals surface area (Å²) < 4.78 is 6.07. The van der Waals surface area contributed by atoms with Gasteiger partial charge in [-0.3, -0.25) is 0 Å². The maximum absolute atomic E-state index is 11.2. The van der Waals surface area contributed by atoms with Crippen molar-refractivity contribution in [3.8, 4) is 0 Å². The maximum Gasteiger partial charge on any atom is 0.272 e. The average molecular weight is 609 g/mol. The number of hydrogen-bond acceptors (Lipinski definition) is 7. The van der Waals surface area contributed by atoms with Gasteiger partial charge in [0.1, 0.15) is 20.5 Å². The fraction of sp³-hybridized carbons (Fsp3) is 0.500. The van der Waals surface area contributed by atoms with Crippen LogP contribution in [0, 0.1) is 20.2 Å². The average Bonchev–Trinajstić information content (AvgIpc) is 3.49. The van der Waals surface area contributed by atoms with Gasteiger partial charge < -0.3 is 25.2 Å². The predicted octanol–water partition coefficient (Wildman–Crippen LogP) is 2.01. The van der Waals surface area contributed by atoms with E-state index < -0.39 is 10.1 Å². The Morgan fingerprint density at radius 1 is 0.878 bits per heavy atom. The van der Waals surface area contributed by atoms with Gasteiger partial charge in [-0.2, -0.15) is 0 Å². The zero-order chi connectivity index (χ0) is 29.5. The van der Waals surface area contributed by atoms with Crippen molar-refractivity contribution in [3.05, 3.63) is 78.3 Å². The van der Waals surface area contributed by atoms with Gasteiger partial charge in [0.15, 0.2) is 10.1 Å². The van der Waals surface area contributed by atoms with E-state index in [0.29, 0.717) is 36.2 Å². The summed E-state index contributed by atoms with van der Waals surface area (Å²) in [5.74, 6) is 0.318. The fourth-order valence-electron chi connectivity index (χ4n) is 5.12. The molecule has 4 heterocycles. The first kappa shape index (κ1) is 30.1. The Morgan fingerprint density at radius 3 is 1.63 bits per heavy atom. The SMILES string of the molecule is CC(COCC(C)N1C(=N[N+](=O)[O-])NCC1Cc1ccc(Cl)nc1)N1C(=N[N+](=O)[O-])NCC1Cc1ccc(Cl)nc1. The standard InChI is InChI=1S/C24H30Cl2N10O5/c1-15(33-19(11-29-23(33)31-35(37)38)7-17-3-5-21(25)27-9-17)13-41-14-16(2)34-20(12-30-24(34)32-36(39)40)8-18-4-6-22(26)28-10-18/h3-6,9-10,15-16,19-20H,7-8,11-14H2,1-2H3,(H,29,31)(H,30,32). The summed E-state index contributed by atoms with van der Waals surface area (Å²) >= 11 is 11.8. The van der Waals surface area contributed by atoms with Crippen LogP contribution in [0.15, 0.2) is 46.9 Å². The molecule has 2 fully saturated rings. The van der Waals surface area contributed by atoms with E-state index in [4.69, 9.17) is 27.9 Å². The molecule has 2 aromatic rings. The van der Waals surface area contributed by atoms with Crippen LogP contribution in [-0.2, 0) is 17.6 Å². The lowest BCUT2D eigenvalue weighted by Crippen LogP contribution is -2.48. The minimum Gasteiger partial charge on any atom is -0.377 e. The molecule has 15 nitrogen and oxygen atoms in total. The third-order valence-electron chi connectivity index (χ3n) is 6.81. The lowest BCUT2D eigenvalue weighted by Gasteiger charge is -2.33. The molecule has 0 radical (unpaired) electrons. The maximum atomic E-state index is 11.2. The zero-order valence-electron chi connectivity index (χ0n) is 22.4. The Kier molecular flexibility index (Phi) is 10.1. The Balaban J connectivity index is 1.42. The van der Waals surface area contributed by atoms with E-state index in [2.05, 4.69) is 30.8 Å². The predicted molar refractivity (Wildman–Crippen MR) is 152 cm³/mol. The molecular formula is C24H30Cl2N10O5. The summed E-state index contributed by atoms with van der Waals surface area (Å²) in [4.78, 5) is 34.3. The number of hydrogen-bond donors (Lipinski definition) is 2. The first-order chi connectivity index (χ1) is 19.6. The molecule has 41 heavy (non-hydrogen) atoms. The number of hydrazone groups is 2. The van der Waals surface area contributed by atoms with Gasteiger partial charge in [-0.1, -0.05) is 35.3 Å². The molecule has 2 aliphatic heterocycles. The van der Waals surface area contributed by atoms with E-state index in [1.165, 1.54) is 0 Å². The molecule has 0 bridgehead atoms.